The Kier molecular flexibility index (Phi) is 6.66. The van der Waals surface area contributed by atoms with Crippen molar-refractivity contribution in [3.05, 3.63) is 70.8 Å². The number of nitrogens with two attached hydrogens (primary N) is 1. The molecule has 8 nitrogen and oxygen atoms in total. The molecule has 0 unspecified atom stereocenters. The van der Waals surface area contributed by atoms with Gasteiger partial charge in [-0.2, -0.15) is 17.6 Å². The third-order valence-electron chi connectivity index (χ3n) is 4.49. The summed E-state index contributed by atoms with van der Waals surface area (Å²) in [5.41, 5.74) is 2.47. The van der Waals surface area contributed by atoms with Gasteiger partial charge in [-0.25, -0.2) is 14.4 Å². The standard InChI is InChI=1S/C21H15F5N4O4/c1-9-15(20(32)30-10-3-5-12(19(27)31)28-7-10)14(8-29-18(9)21(24,25)26)34-13-6-4-11(22)16(23)17(13)33-2/h3-8H,1-2H3,(H2,27,31)(H,30,32). The summed E-state index contributed by atoms with van der Waals surface area (Å²) in [4.78, 5) is 31.1. The molecule has 3 aromatic rings. The Hall–Kier alpha value is -4.29. The van der Waals surface area contributed by atoms with Gasteiger partial charge in [0.05, 0.1) is 30.8 Å². The van der Waals surface area contributed by atoms with E-state index in [9.17, 15) is 31.5 Å². The predicted octanol–water partition coefficient (Wildman–Crippen LogP) is 4.23. The average Bonchev–Trinajstić information content (AvgIpc) is 2.76. The first-order valence-electron chi connectivity index (χ1n) is 9.27. The molecule has 34 heavy (non-hydrogen) atoms. The van der Waals surface area contributed by atoms with Gasteiger partial charge in [-0.05, 0) is 36.8 Å². The Morgan fingerprint density at radius 2 is 1.74 bits per heavy atom. The number of nitrogens with zero attached hydrogens (tertiary/aromatic N) is 2. The molecule has 0 aliphatic rings. The topological polar surface area (TPSA) is 116 Å². The number of carbonyl (C=O) groups excluding carboxylic acids is 2. The highest BCUT2D eigenvalue weighted by molar-refractivity contribution is 6.07. The zero-order chi connectivity index (χ0) is 25.2. The first-order valence-corrected chi connectivity index (χ1v) is 9.27. The summed E-state index contributed by atoms with van der Waals surface area (Å²) in [6.07, 6.45) is -3.21. The number of hydrogen-bond donors (Lipinski definition) is 2. The number of nitrogens with one attached hydrogen (secondary N) is 1. The van der Waals surface area contributed by atoms with E-state index in [0.29, 0.717) is 12.3 Å². The Bertz CT molecular complexity index is 1260. The fourth-order valence-electron chi connectivity index (χ4n) is 2.94. The first-order chi connectivity index (χ1) is 15.9. The lowest BCUT2D eigenvalue weighted by Crippen LogP contribution is -2.20. The van der Waals surface area contributed by atoms with E-state index in [2.05, 4.69) is 15.3 Å². The molecule has 178 valence electrons. The van der Waals surface area contributed by atoms with Crippen LogP contribution in [0, 0.1) is 18.6 Å². The van der Waals surface area contributed by atoms with Crippen molar-refractivity contribution in [3.63, 3.8) is 0 Å². The number of rotatable bonds is 6. The summed E-state index contributed by atoms with van der Waals surface area (Å²) < 4.78 is 78.0. The number of carbonyl (C=O) groups is 2. The Morgan fingerprint density at radius 1 is 1.03 bits per heavy atom. The summed E-state index contributed by atoms with van der Waals surface area (Å²) >= 11 is 0. The van der Waals surface area contributed by atoms with E-state index in [0.717, 1.165) is 26.3 Å². The molecule has 0 saturated heterocycles. The highest BCUT2D eigenvalue weighted by Crippen LogP contribution is 2.39. The number of primary amides is 1. The molecule has 0 aliphatic carbocycles. The average molecular weight is 482 g/mol. The van der Waals surface area contributed by atoms with Crippen LogP contribution in [-0.2, 0) is 6.18 Å². The van der Waals surface area contributed by atoms with Crippen LogP contribution in [0.5, 0.6) is 17.2 Å². The zero-order valence-corrected chi connectivity index (χ0v) is 17.5. The number of benzene rings is 1. The molecule has 0 aliphatic heterocycles. The number of aromatic nitrogens is 2. The number of alkyl halides is 3. The van der Waals surface area contributed by atoms with E-state index in [1.165, 1.54) is 12.1 Å². The minimum absolute atomic E-state index is 0.0242. The second kappa shape index (κ2) is 9.29. The van der Waals surface area contributed by atoms with Crippen molar-refractivity contribution in [2.45, 2.75) is 13.1 Å². The van der Waals surface area contributed by atoms with E-state index in [1.54, 1.807) is 0 Å². The van der Waals surface area contributed by atoms with Crippen LogP contribution in [0.3, 0.4) is 0 Å². The molecule has 0 saturated carbocycles. The van der Waals surface area contributed by atoms with Gasteiger partial charge in [0.2, 0.25) is 11.6 Å². The van der Waals surface area contributed by atoms with Crippen molar-refractivity contribution < 1.29 is 41.0 Å². The Labute approximate surface area is 188 Å². The molecule has 2 amide bonds. The Balaban J connectivity index is 2.08. The van der Waals surface area contributed by atoms with Crippen molar-refractivity contribution in [2.75, 3.05) is 12.4 Å². The van der Waals surface area contributed by atoms with Crippen molar-refractivity contribution in [2.24, 2.45) is 5.73 Å². The fraction of sp³-hybridized carbons (Fsp3) is 0.143. The highest BCUT2D eigenvalue weighted by atomic mass is 19.4. The number of amides is 2. The molecule has 2 aromatic heterocycles. The normalized spacial score (nSPS) is 11.1. The van der Waals surface area contributed by atoms with E-state index in [-0.39, 0.29) is 11.4 Å². The molecule has 0 radical (unpaired) electrons. The van der Waals surface area contributed by atoms with Crippen molar-refractivity contribution in [1.29, 1.82) is 0 Å². The number of hydrogen-bond acceptors (Lipinski definition) is 6. The second-order valence-electron chi connectivity index (χ2n) is 6.71. The van der Waals surface area contributed by atoms with Crippen LogP contribution in [0.1, 0.15) is 32.1 Å². The van der Waals surface area contributed by atoms with Gasteiger partial charge >= 0.3 is 6.18 Å². The third-order valence-corrected chi connectivity index (χ3v) is 4.49. The number of halogens is 5. The number of ether oxygens (including phenoxy) is 2. The minimum Gasteiger partial charge on any atom is -0.490 e. The lowest BCUT2D eigenvalue weighted by molar-refractivity contribution is -0.141. The molecule has 0 fully saturated rings. The molecular formula is C21H15F5N4O4. The fourth-order valence-corrected chi connectivity index (χ4v) is 2.94. The molecule has 0 spiro atoms. The molecule has 3 N–H and O–H groups in total. The number of anilines is 1. The van der Waals surface area contributed by atoms with Gasteiger partial charge in [0.25, 0.3) is 11.8 Å². The first kappa shape index (κ1) is 24.4. The van der Waals surface area contributed by atoms with E-state index >= 15 is 0 Å². The van der Waals surface area contributed by atoms with Gasteiger partial charge < -0.3 is 20.5 Å². The van der Waals surface area contributed by atoms with Gasteiger partial charge in [-0.15, -0.1) is 0 Å². The molecule has 2 heterocycles. The van der Waals surface area contributed by atoms with Crippen LogP contribution in [0.2, 0.25) is 0 Å². The van der Waals surface area contributed by atoms with Crippen LogP contribution >= 0.6 is 0 Å². The maximum atomic E-state index is 14.0. The van der Waals surface area contributed by atoms with E-state index < -0.39 is 63.7 Å². The SMILES string of the molecule is COc1c(Oc2cnc(C(F)(F)F)c(C)c2C(=O)Nc2ccc(C(N)=O)nc2)ccc(F)c1F. The summed E-state index contributed by atoms with van der Waals surface area (Å²) in [7, 11) is 1.03. The van der Waals surface area contributed by atoms with Crippen LogP contribution in [0.15, 0.2) is 36.7 Å². The molecule has 13 heteroatoms. The largest absolute Gasteiger partial charge is 0.490 e. The van der Waals surface area contributed by atoms with Gasteiger partial charge in [0, 0.05) is 0 Å². The molecule has 0 bridgehead atoms. The highest BCUT2D eigenvalue weighted by Gasteiger charge is 2.37. The van der Waals surface area contributed by atoms with E-state index in [1.807, 2.05) is 0 Å². The van der Waals surface area contributed by atoms with Gasteiger partial charge in [0.15, 0.2) is 17.3 Å². The summed E-state index contributed by atoms with van der Waals surface area (Å²) in [6, 6.07) is 4.13. The molecule has 1 aromatic carbocycles. The Morgan fingerprint density at radius 3 is 2.29 bits per heavy atom. The summed E-state index contributed by atoms with van der Waals surface area (Å²) in [5, 5.41) is 2.33. The lowest BCUT2D eigenvalue weighted by atomic mass is 10.1. The zero-order valence-electron chi connectivity index (χ0n) is 17.5. The minimum atomic E-state index is -4.90. The smallest absolute Gasteiger partial charge is 0.433 e. The monoisotopic (exact) mass is 482 g/mol. The predicted molar refractivity (Wildman–Crippen MR) is 108 cm³/mol. The van der Waals surface area contributed by atoms with Crippen LogP contribution in [0.25, 0.3) is 0 Å². The van der Waals surface area contributed by atoms with E-state index in [4.69, 9.17) is 15.2 Å². The molecule has 0 atom stereocenters. The summed E-state index contributed by atoms with van der Waals surface area (Å²) in [6.45, 7) is 0.995. The van der Waals surface area contributed by atoms with Crippen LogP contribution in [0.4, 0.5) is 27.6 Å². The lowest BCUT2D eigenvalue weighted by Gasteiger charge is -2.18. The number of methoxy groups -OCH3 is 1. The van der Waals surface area contributed by atoms with Gasteiger partial charge in [-0.3, -0.25) is 9.59 Å². The van der Waals surface area contributed by atoms with Crippen LogP contribution in [-0.4, -0.2) is 28.9 Å². The number of pyridine rings is 2. The second-order valence-corrected chi connectivity index (χ2v) is 6.71. The summed E-state index contributed by atoms with van der Waals surface area (Å²) in [5.74, 6) is -6.11. The van der Waals surface area contributed by atoms with Gasteiger partial charge in [-0.1, -0.05) is 0 Å². The van der Waals surface area contributed by atoms with Gasteiger partial charge in [0.1, 0.15) is 11.4 Å². The van der Waals surface area contributed by atoms with Crippen molar-refractivity contribution in [1.82, 2.24) is 9.97 Å². The quantitative estimate of drug-likeness (QED) is 0.508. The molecule has 3 rings (SSSR count). The van der Waals surface area contributed by atoms with Crippen molar-refractivity contribution >= 4 is 17.5 Å². The third kappa shape index (κ3) is 4.87. The molecular weight excluding hydrogens is 467 g/mol. The maximum Gasteiger partial charge on any atom is 0.433 e. The maximum absolute atomic E-state index is 14.0. The van der Waals surface area contributed by atoms with Crippen molar-refractivity contribution in [3.8, 4) is 17.2 Å². The van der Waals surface area contributed by atoms with Crippen LogP contribution < -0.4 is 20.5 Å².